The second kappa shape index (κ2) is 5.09. The van der Waals surface area contributed by atoms with E-state index >= 15 is 0 Å². The fourth-order valence-electron chi connectivity index (χ4n) is 2.40. The fourth-order valence-corrected chi connectivity index (χ4v) is 2.40. The quantitative estimate of drug-likeness (QED) is 0.901. The number of carbonyl (C=O) groups excluding carboxylic acids is 1. The summed E-state index contributed by atoms with van der Waals surface area (Å²) in [4.78, 5) is 24.1. The summed E-state index contributed by atoms with van der Waals surface area (Å²) in [6.07, 6.45) is 2.49. The van der Waals surface area contributed by atoms with Crippen LogP contribution in [0.2, 0.25) is 0 Å². The number of pyridine rings is 1. The van der Waals surface area contributed by atoms with E-state index < -0.39 is 0 Å². The van der Waals surface area contributed by atoms with Gasteiger partial charge in [0, 0.05) is 30.9 Å². The van der Waals surface area contributed by atoms with Crippen molar-refractivity contribution in [3.05, 3.63) is 40.8 Å². The molecule has 1 aromatic heterocycles. The maximum atomic E-state index is 12.1. The van der Waals surface area contributed by atoms with E-state index in [0.717, 1.165) is 11.8 Å². The molecule has 0 bridgehead atoms. The molecule has 1 fully saturated rings. The zero-order chi connectivity index (χ0) is 14.1. The van der Waals surface area contributed by atoms with Crippen LogP contribution in [-0.2, 0) is 16.6 Å². The van der Waals surface area contributed by atoms with Crippen LogP contribution < -0.4 is 10.9 Å². The number of fused-ring (bicyclic) bond motifs is 1. The minimum Gasteiger partial charge on any atom is -0.381 e. The van der Waals surface area contributed by atoms with E-state index in [2.05, 4.69) is 5.32 Å². The molecule has 0 saturated carbocycles. The van der Waals surface area contributed by atoms with Crippen LogP contribution in [0, 0.1) is 5.92 Å². The van der Waals surface area contributed by atoms with Gasteiger partial charge in [-0.25, -0.2) is 0 Å². The van der Waals surface area contributed by atoms with Crippen LogP contribution in [0.5, 0.6) is 0 Å². The first-order valence-corrected chi connectivity index (χ1v) is 6.63. The predicted molar refractivity (Wildman–Crippen MR) is 76.7 cm³/mol. The van der Waals surface area contributed by atoms with Crippen molar-refractivity contribution in [3.8, 4) is 0 Å². The van der Waals surface area contributed by atoms with E-state index in [-0.39, 0.29) is 17.4 Å². The molecule has 1 aliphatic heterocycles. The van der Waals surface area contributed by atoms with Crippen LogP contribution in [0.15, 0.2) is 35.3 Å². The Balaban J connectivity index is 1.90. The predicted octanol–water partition coefficient (Wildman–Crippen LogP) is 1.51. The van der Waals surface area contributed by atoms with Gasteiger partial charge in [0.1, 0.15) is 0 Å². The largest absolute Gasteiger partial charge is 0.381 e. The molecule has 1 aliphatic rings. The highest BCUT2D eigenvalue weighted by atomic mass is 16.5. The van der Waals surface area contributed by atoms with Crippen molar-refractivity contribution in [2.45, 2.75) is 6.42 Å². The van der Waals surface area contributed by atoms with E-state index in [1.165, 1.54) is 4.57 Å². The second-order valence-corrected chi connectivity index (χ2v) is 5.08. The number of amides is 1. The van der Waals surface area contributed by atoms with Crippen LogP contribution in [0.3, 0.4) is 0 Å². The number of ether oxygens (including phenoxy) is 1. The normalized spacial score (nSPS) is 18.4. The molecule has 1 atom stereocenters. The topological polar surface area (TPSA) is 60.3 Å². The van der Waals surface area contributed by atoms with Gasteiger partial charge in [-0.3, -0.25) is 9.59 Å². The summed E-state index contributed by atoms with van der Waals surface area (Å²) < 4.78 is 6.73. The van der Waals surface area contributed by atoms with Gasteiger partial charge in [-0.05, 0) is 30.0 Å². The first-order valence-electron chi connectivity index (χ1n) is 6.63. The van der Waals surface area contributed by atoms with Gasteiger partial charge in [-0.1, -0.05) is 6.07 Å². The first kappa shape index (κ1) is 12.9. The monoisotopic (exact) mass is 272 g/mol. The molecule has 1 aromatic carbocycles. The summed E-state index contributed by atoms with van der Waals surface area (Å²) in [6, 6.07) is 7.27. The highest BCUT2D eigenvalue weighted by Crippen LogP contribution is 2.19. The molecule has 1 saturated heterocycles. The van der Waals surface area contributed by atoms with Crippen molar-refractivity contribution < 1.29 is 9.53 Å². The first-order chi connectivity index (χ1) is 9.65. The van der Waals surface area contributed by atoms with Gasteiger partial charge in [0.25, 0.3) is 5.56 Å². The van der Waals surface area contributed by atoms with Crippen LogP contribution in [-0.4, -0.2) is 23.7 Å². The minimum absolute atomic E-state index is 0.0467. The summed E-state index contributed by atoms with van der Waals surface area (Å²) in [5.41, 5.74) is 0.584. The maximum Gasteiger partial charge on any atom is 0.258 e. The molecule has 20 heavy (non-hydrogen) atoms. The zero-order valence-corrected chi connectivity index (χ0v) is 11.3. The summed E-state index contributed by atoms with van der Waals surface area (Å²) in [5, 5.41) is 4.33. The molecule has 104 valence electrons. The minimum atomic E-state index is -0.0932. The third-order valence-corrected chi connectivity index (χ3v) is 3.65. The highest BCUT2D eigenvalue weighted by Gasteiger charge is 2.23. The third-order valence-electron chi connectivity index (χ3n) is 3.65. The SMILES string of the molecule is Cn1ccc2ccc(NC(=O)C3CCOC3)cc2c1=O. The summed E-state index contributed by atoms with van der Waals surface area (Å²) >= 11 is 0. The van der Waals surface area contributed by atoms with Gasteiger partial charge in [-0.15, -0.1) is 0 Å². The number of carbonyl (C=O) groups is 1. The van der Waals surface area contributed by atoms with Gasteiger partial charge in [-0.2, -0.15) is 0 Å². The average Bonchev–Trinajstić information content (AvgIpc) is 2.98. The summed E-state index contributed by atoms with van der Waals surface area (Å²) in [7, 11) is 1.71. The molecule has 1 unspecified atom stereocenters. The van der Waals surface area contributed by atoms with Gasteiger partial charge < -0.3 is 14.6 Å². The van der Waals surface area contributed by atoms with Crippen molar-refractivity contribution in [2.75, 3.05) is 18.5 Å². The van der Waals surface area contributed by atoms with Crippen LogP contribution in [0.25, 0.3) is 10.8 Å². The number of anilines is 1. The molecule has 1 N–H and O–H groups in total. The molecule has 0 spiro atoms. The standard InChI is InChI=1S/C15H16N2O3/c1-17-6-4-10-2-3-12(8-13(10)15(17)19)16-14(18)11-5-7-20-9-11/h2-4,6,8,11H,5,7,9H2,1H3,(H,16,18). The number of aryl methyl sites for hydroxylation is 1. The number of rotatable bonds is 2. The maximum absolute atomic E-state index is 12.1. The van der Waals surface area contributed by atoms with Crippen LogP contribution in [0.1, 0.15) is 6.42 Å². The van der Waals surface area contributed by atoms with E-state index in [1.807, 2.05) is 18.2 Å². The Morgan fingerprint density at radius 3 is 3.00 bits per heavy atom. The lowest BCUT2D eigenvalue weighted by Gasteiger charge is -2.10. The number of nitrogens with zero attached hydrogens (tertiary/aromatic N) is 1. The number of nitrogens with one attached hydrogen (secondary N) is 1. The summed E-state index contributed by atoms with van der Waals surface area (Å²) in [6.45, 7) is 1.11. The molecule has 2 aromatic rings. The summed E-state index contributed by atoms with van der Waals surface area (Å²) in [5.74, 6) is -0.140. The van der Waals surface area contributed by atoms with Gasteiger partial charge in [0.05, 0.1) is 12.5 Å². The van der Waals surface area contributed by atoms with Crippen molar-refractivity contribution in [1.29, 1.82) is 0 Å². The van der Waals surface area contributed by atoms with E-state index in [4.69, 9.17) is 4.74 Å². The number of aromatic nitrogens is 1. The molecule has 0 radical (unpaired) electrons. The van der Waals surface area contributed by atoms with Crippen molar-refractivity contribution in [2.24, 2.45) is 13.0 Å². The van der Waals surface area contributed by atoms with Crippen LogP contribution in [0.4, 0.5) is 5.69 Å². The van der Waals surface area contributed by atoms with Crippen molar-refractivity contribution in [3.63, 3.8) is 0 Å². The Bertz CT molecular complexity index is 715. The molecular formula is C15H16N2O3. The lowest BCUT2D eigenvalue weighted by atomic mass is 10.1. The Morgan fingerprint density at radius 1 is 1.40 bits per heavy atom. The molecule has 5 heteroatoms. The lowest BCUT2D eigenvalue weighted by molar-refractivity contribution is -0.119. The Kier molecular flexibility index (Phi) is 3.28. The molecule has 1 amide bonds. The molecule has 2 heterocycles. The Labute approximate surface area is 116 Å². The third kappa shape index (κ3) is 2.32. The number of hydrogen-bond acceptors (Lipinski definition) is 3. The lowest BCUT2D eigenvalue weighted by Crippen LogP contribution is -2.23. The Hall–Kier alpha value is -2.14. The fraction of sp³-hybridized carbons (Fsp3) is 0.333. The number of hydrogen-bond donors (Lipinski definition) is 1. The average molecular weight is 272 g/mol. The van der Waals surface area contributed by atoms with Crippen molar-refractivity contribution >= 4 is 22.4 Å². The van der Waals surface area contributed by atoms with Gasteiger partial charge >= 0.3 is 0 Å². The molecule has 0 aliphatic carbocycles. The molecular weight excluding hydrogens is 256 g/mol. The Morgan fingerprint density at radius 2 is 2.25 bits per heavy atom. The highest BCUT2D eigenvalue weighted by molar-refractivity contribution is 5.95. The number of benzene rings is 1. The van der Waals surface area contributed by atoms with Gasteiger partial charge in [0.2, 0.25) is 5.91 Å². The molecule has 5 nitrogen and oxygen atoms in total. The van der Waals surface area contributed by atoms with E-state index in [1.54, 1.807) is 19.3 Å². The van der Waals surface area contributed by atoms with Crippen molar-refractivity contribution in [1.82, 2.24) is 4.57 Å². The molecule has 3 rings (SSSR count). The van der Waals surface area contributed by atoms with E-state index in [0.29, 0.717) is 24.3 Å². The zero-order valence-electron chi connectivity index (χ0n) is 11.3. The van der Waals surface area contributed by atoms with Gasteiger partial charge in [0.15, 0.2) is 0 Å². The van der Waals surface area contributed by atoms with E-state index in [9.17, 15) is 9.59 Å². The second-order valence-electron chi connectivity index (χ2n) is 5.08. The van der Waals surface area contributed by atoms with Crippen LogP contribution >= 0.6 is 0 Å². The smallest absolute Gasteiger partial charge is 0.258 e.